The number of rotatable bonds is 7. The summed E-state index contributed by atoms with van der Waals surface area (Å²) in [6.45, 7) is 2.30. The molecule has 5 nitrogen and oxygen atoms in total. The van der Waals surface area contributed by atoms with Crippen molar-refractivity contribution >= 4 is 27.6 Å². The lowest BCUT2D eigenvalue weighted by Crippen LogP contribution is -1.99. The van der Waals surface area contributed by atoms with Gasteiger partial charge in [-0.2, -0.15) is 0 Å². The van der Waals surface area contributed by atoms with E-state index in [1.807, 2.05) is 12.3 Å². The normalized spacial score (nSPS) is 11.3. The quantitative estimate of drug-likeness (QED) is 0.449. The maximum absolute atomic E-state index is 9.08. The van der Waals surface area contributed by atoms with Crippen LogP contribution in [0.2, 0.25) is 0 Å². The van der Waals surface area contributed by atoms with Gasteiger partial charge in [-0.05, 0) is 79.1 Å². The number of nitrogen functional groups attached to an aromatic ring is 1. The maximum Gasteiger partial charge on any atom is 0.150 e. The molecule has 2 aromatic heterocycles. The summed E-state index contributed by atoms with van der Waals surface area (Å²) in [5, 5.41) is 11.2. The second-order valence-corrected chi connectivity index (χ2v) is 7.71. The molecule has 0 amide bonds. The van der Waals surface area contributed by atoms with Crippen molar-refractivity contribution in [1.82, 2.24) is 9.97 Å². The van der Waals surface area contributed by atoms with Crippen molar-refractivity contribution in [2.24, 2.45) is 0 Å². The van der Waals surface area contributed by atoms with Gasteiger partial charge in [-0.1, -0.05) is 18.2 Å². The molecule has 0 aliphatic carbocycles. The maximum atomic E-state index is 9.08. The molecule has 0 aliphatic rings. The number of hydrogen-bond donors (Lipinski definition) is 2. The summed E-state index contributed by atoms with van der Waals surface area (Å²) < 4.78 is 5.30. The van der Waals surface area contributed by atoms with Gasteiger partial charge in [-0.3, -0.25) is 4.98 Å². The van der Waals surface area contributed by atoms with Crippen molar-refractivity contribution in [2.75, 3.05) is 19.5 Å². The number of aryl methyl sites for hydroxylation is 4. The van der Waals surface area contributed by atoms with Crippen molar-refractivity contribution < 1.29 is 9.84 Å². The molecule has 5 heteroatoms. The number of aromatic nitrogens is 2. The highest BCUT2D eigenvalue weighted by atomic mass is 16.5. The van der Waals surface area contributed by atoms with E-state index in [2.05, 4.69) is 53.3 Å². The SMILES string of the molecule is COc1ccc(CCc2cnc3c(N)nc4cc(CCCO)ccc4c3c2)c(C)c1. The Bertz CT molecular complexity index is 1200. The van der Waals surface area contributed by atoms with E-state index in [1.165, 1.54) is 16.7 Å². The van der Waals surface area contributed by atoms with E-state index in [0.717, 1.165) is 58.8 Å². The number of benzene rings is 2. The monoisotopic (exact) mass is 401 g/mol. The molecular formula is C25H27N3O2. The summed E-state index contributed by atoms with van der Waals surface area (Å²) >= 11 is 0. The molecule has 0 radical (unpaired) electrons. The Labute approximate surface area is 176 Å². The predicted molar refractivity (Wildman–Crippen MR) is 122 cm³/mol. The fourth-order valence-electron chi connectivity index (χ4n) is 3.93. The van der Waals surface area contributed by atoms with Crippen molar-refractivity contribution in [3.05, 3.63) is 70.9 Å². The second-order valence-electron chi connectivity index (χ2n) is 7.71. The number of methoxy groups -OCH3 is 1. The van der Waals surface area contributed by atoms with Crippen LogP contribution in [-0.4, -0.2) is 28.8 Å². The van der Waals surface area contributed by atoms with E-state index >= 15 is 0 Å². The number of nitrogens with zero attached hydrogens (tertiary/aromatic N) is 2. The van der Waals surface area contributed by atoms with Crippen LogP contribution in [0.25, 0.3) is 21.8 Å². The molecule has 0 aliphatic heterocycles. The molecule has 0 atom stereocenters. The van der Waals surface area contributed by atoms with Crippen LogP contribution in [-0.2, 0) is 19.3 Å². The summed E-state index contributed by atoms with van der Waals surface area (Å²) in [6, 6.07) is 14.7. The van der Waals surface area contributed by atoms with Gasteiger partial charge in [0.05, 0.1) is 12.6 Å². The van der Waals surface area contributed by atoms with Crippen LogP contribution in [0, 0.1) is 6.92 Å². The largest absolute Gasteiger partial charge is 0.497 e. The fraction of sp³-hybridized carbons (Fsp3) is 0.280. The van der Waals surface area contributed by atoms with Crippen molar-refractivity contribution in [3.8, 4) is 5.75 Å². The lowest BCUT2D eigenvalue weighted by Gasteiger charge is -2.11. The first kappa shape index (κ1) is 20.1. The minimum absolute atomic E-state index is 0.187. The van der Waals surface area contributed by atoms with Crippen LogP contribution in [0.3, 0.4) is 0 Å². The Morgan fingerprint density at radius 3 is 2.60 bits per heavy atom. The molecule has 4 rings (SSSR count). The zero-order chi connectivity index (χ0) is 21.1. The van der Waals surface area contributed by atoms with Crippen LogP contribution in [0.1, 0.15) is 28.7 Å². The smallest absolute Gasteiger partial charge is 0.150 e. The lowest BCUT2D eigenvalue weighted by atomic mass is 9.99. The first-order valence-electron chi connectivity index (χ1n) is 10.3. The van der Waals surface area contributed by atoms with Gasteiger partial charge in [0, 0.05) is 23.6 Å². The summed E-state index contributed by atoms with van der Waals surface area (Å²) in [6.07, 6.45) is 5.30. The third-order valence-corrected chi connectivity index (χ3v) is 5.64. The molecule has 0 spiro atoms. The van der Waals surface area contributed by atoms with Gasteiger partial charge in [0.15, 0.2) is 5.82 Å². The number of aliphatic hydroxyl groups excluding tert-OH is 1. The van der Waals surface area contributed by atoms with Crippen LogP contribution >= 0.6 is 0 Å². The molecule has 0 saturated heterocycles. The highest BCUT2D eigenvalue weighted by Crippen LogP contribution is 2.28. The zero-order valence-electron chi connectivity index (χ0n) is 17.5. The molecule has 0 fully saturated rings. The van der Waals surface area contributed by atoms with E-state index < -0.39 is 0 Å². The summed E-state index contributed by atoms with van der Waals surface area (Å²) in [4.78, 5) is 9.19. The number of aliphatic hydroxyl groups is 1. The fourth-order valence-corrected chi connectivity index (χ4v) is 3.93. The summed E-state index contributed by atoms with van der Waals surface area (Å²) in [7, 11) is 1.69. The molecule has 154 valence electrons. The highest BCUT2D eigenvalue weighted by molar-refractivity contribution is 6.08. The first-order chi connectivity index (χ1) is 14.6. The Morgan fingerprint density at radius 2 is 1.83 bits per heavy atom. The van der Waals surface area contributed by atoms with E-state index in [9.17, 15) is 0 Å². The molecule has 0 unspecified atom stereocenters. The molecule has 0 bridgehead atoms. The Hall–Kier alpha value is -3.18. The number of nitrogens with two attached hydrogens (primary N) is 1. The number of hydrogen-bond acceptors (Lipinski definition) is 5. The average molecular weight is 402 g/mol. The van der Waals surface area contributed by atoms with Gasteiger partial charge >= 0.3 is 0 Å². The Balaban J connectivity index is 1.66. The van der Waals surface area contributed by atoms with Crippen molar-refractivity contribution in [2.45, 2.75) is 32.6 Å². The summed E-state index contributed by atoms with van der Waals surface area (Å²) in [5.74, 6) is 1.34. The highest BCUT2D eigenvalue weighted by Gasteiger charge is 2.10. The summed E-state index contributed by atoms with van der Waals surface area (Å²) in [5.41, 5.74) is 12.7. The number of ether oxygens (including phenoxy) is 1. The molecule has 2 heterocycles. The topological polar surface area (TPSA) is 81.3 Å². The van der Waals surface area contributed by atoms with Gasteiger partial charge in [0.2, 0.25) is 0 Å². The van der Waals surface area contributed by atoms with E-state index in [4.69, 9.17) is 15.6 Å². The standard InChI is InChI=1S/C25H27N3O2/c1-16-12-20(30-2)9-8-19(16)7-5-18-13-22-21-10-6-17(4-3-11-29)14-23(21)28-25(26)24(22)27-15-18/h6,8-10,12-15,29H,3-5,7,11H2,1-2H3,(H2,26,28). The van der Waals surface area contributed by atoms with Crippen LogP contribution in [0.15, 0.2) is 48.7 Å². The molecule has 2 aromatic carbocycles. The van der Waals surface area contributed by atoms with Crippen LogP contribution in [0.4, 0.5) is 5.82 Å². The number of anilines is 1. The molecule has 4 aromatic rings. The zero-order valence-corrected chi connectivity index (χ0v) is 17.5. The Kier molecular flexibility index (Phi) is 5.81. The third-order valence-electron chi connectivity index (χ3n) is 5.64. The minimum atomic E-state index is 0.187. The molecule has 3 N–H and O–H groups in total. The third kappa shape index (κ3) is 4.07. The average Bonchev–Trinajstić information content (AvgIpc) is 2.76. The molecule has 0 saturated carbocycles. The molecule has 30 heavy (non-hydrogen) atoms. The van der Waals surface area contributed by atoms with Crippen molar-refractivity contribution in [3.63, 3.8) is 0 Å². The number of fused-ring (bicyclic) bond motifs is 3. The predicted octanol–water partition coefficient (Wildman–Crippen LogP) is 4.39. The minimum Gasteiger partial charge on any atom is -0.497 e. The van der Waals surface area contributed by atoms with Crippen LogP contribution < -0.4 is 10.5 Å². The first-order valence-corrected chi connectivity index (χ1v) is 10.3. The van der Waals surface area contributed by atoms with Crippen LogP contribution in [0.5, 0.6) is 5.75 Å². The van der Waals surface area contributed by atoms with Crippen molar-refractivity contribution in [1.29, 1.82) is 0 Å². The molecular weight excluding hydrogens is 374 g/mol. The lowest BCUT2D eigenvalue weighted by molar-refractivity contribution is 0.288. The van der Waals surface area contributed by atoms with Gasteiger partial charge in [-0.15, -0.1) is 0 Å². The van der Waals surface area contributed by atoms with Gasteiger partial charge in [0.25, 0.3) is 0 Å². The van der Waals surface area contributed by atoms with Gasteiger partial charge < -0.3 is 15.6 Å². The van der Waals surface area contributed by atoms with E-state index in [-0.39, 0.29) is 6.61 Å². The van der Waals surface area contributed by atoms with Gasteiger partial charge in [0.1, 0.15) is 11.3 Å². The van der Waals surface area contributed by atoms with Gasteiger partial charge in [-0.25, -0.2) is 4.98 Å². The van der Waals surface area contributed by atoms with E-state index in [1.54, 1.807) is 7.11 Å². The number of pyridine rings is 2. The van der Waals surface area contributed by atoms with E-state index in [0.29, 0.717) is 5.82 Å². The second kappa shape index (κ2) is 8.67. The Morgan fingerprint density at radius 1 is 0.967 bits per heavy atom.